The zero-order chi connectivity index (χ0) is 17.2. The molecule has 1 amide bonds. The van der Waals surface area contributed by atoms with E-state index in [0.717, 1.165) is 38.6 Å². The Morgan fingerprint density at radius 3 is 2.42 bits per heavy atom. The van der Waals surface area contributed by atoms with E-state index in [-0.39, 0.29) is 12.3 Å². The summed E-state index contributed by atoms with van der Waals surface area (Å²) in [7, 11) is 0. The molecule has 138 valence electrons. The van der Waals surface area contributed by atoms with Gasteiger partial charge in [0, 0.05) is 25.4 Å². The van der Waals surface area contributed by atoms with Crippen molar-refractivity contribution < 1.29 is 14.7 Å². The van der Waals surface area contributed by atoms with Gasteiger partial charge in [0.1, 0.15) is 0 Å². The lowest BCUT2D eigenvalue weighted by Crippen LogP contribution is -2.50. The molecule has 2 heterocycles. The minimum Gasteiger partial charge on any atom is -0.481 e. The van der Waals surface area contributed by atoms with Crippen LogP contribution in [-0.2, 0) is 9.59 Å². The highest BCUT2D eigenvalue weighted by atomic mass is 16.4. The summed E-state index contributed by atoms with van der Waals surface area (Å²) in [6.45, 7) is 3.34. The number of nitrogens with zero attached hydrogens (tertiary/aromatic N) is 1. The first-order valence-electron chi connectivity index (χ1n) is 9.89. The van der Waals surface area contributed by atoms with Crippen molar-refractivity contribution in [2.45, 2.75) is 83.1 Å². The third kappa shape index (κ3) is 6.80. The zero-order valence-corrected chi connectivity index (χ0v) is 15.0. The van der Waals surface area contributed by atoms with Gasteiger partial charge in [0.25, 0.3) is 0 Å². The van der Waals surface area contributed by atoms with Crippen LogP contribution in [0.25, 0.3) is 0 Å². The summed E-state index contributed by atoms with van der Waals surface area (Å²) in [5.74, 6) is 0.112. The topological polar surface area (TPSA) is 69.6 Å². The molecule has 2 N–H and O–H groups in total. The lowest BCUT2D eigenvalue weighted by atomic mass is 9.83. The minimum atomic E-state index is -0.714. The molecule has 0 radical (unpaired) electrons. The normalized spacial score (nSPS) is 24.3. The Labute approximate surface area is 146 Å². The summed E-state index contributed by atoms with van der Waals surface area (Å²) in [6.07, 6.45) is 12.0. The molecule has 2 fully saturated rings. The molecule has 0 aromatic heterocycles. The number of unbranched alkanes of at least 4 members (excludes halogenated alkanes) is 4. The molecule has 2 aliphatic heterocycles. The molecule has 0 aromatic carbocycles. The molecule has 0 aromatic rings. The molecule has 2 saturated heterocycles. The molecule has 2 aliphatic rings. The van der Waals surface area contributed by atoms with Gasteiger partial charge in [0.2, 0.25) is 5.91 Å². The van der Waals surface area contributed by atoms with Gasteiger partial charge >= 0.3 is 5.97 Å². The number of rotatable bonds is 10. The van der Waals surface area contributed by atoms with Gasteiger partial charge in [0.15, 0.2) is 0 Å². The van der Waals surface area contributed by atoms with E-state index < -0.39 is 5.97 Å². The fourth-order valence-corrected chi connectivity index (χ4v) is 4.24. The average molecular weight is 338 g/mol. The maximum atomic E-state index is 12.0. The second-order valence-electron chi connectivity index (χ2n) is 7.47. The number of carbonyl (C=O) groups is 2. The van der Waals surface area contributed by atoms with Crippen LogP contribution in [0.5, 0.6) is 0 Å². The molecular weight excluding hydrogens is 304 g/mol. The van der Waals surface area contributed by atoms with Gasteiger partial charge in [-0.3, -0.25) is 9.59 Å². The predicted molar refractivity (Wildman–Crippen MR) is 94.9 cm³/mol. The lowest BCUT2D eigenvalue weighted by Gasteiger charge is -2.44. The van der Waals surface area contributed by atoms with E-state index in [1.807, 2.05) is 0 Å². The van der Waals surface area contributed by atoms with E-state index in [1.165, 1.54) is 45.2 Å². The summed E-state index contributed by atoms with van der Waals surface area (Å²) in [4.78, 5) is 25.1. The number of carbonyl (C=O) groups excluding carboxylic acids is 1. The summed E-state index contributed by atoms with van der Waals surface area (Å²) in [5, 5.41) is 11.7. The highest BCUT2D eigenvalue weighted by Gasteiger charge is 2.32. The van der Waals surface area contributed by atoms with Gasteiger partial charge in [0.05, 0.1) is 0 Å². The van der Waals surface area contributed by atoms with E-state index in [2.05, 4.69) is 10.2 Å². The van der Waals surface area contributed by atoms with Gasteiger partial charge in [-0.2, -0.15) is 0 Å². The quantitative estimate of drug-likeness (QED) is 0.600. The van der Waals surface area contributed by atoms with Crippen LogP contribution in [0.3, 0.4) is 0 Å². The average Bonchev–Trinajstić information content (AvgIpc) is 2.58. The summed E-state index contributed by atoms with van der Waals surface area (Å²) < 4.78 is 0. The Bertz CT molecular complexity index is 398. The minimum absolute atomic E-state index is 0.188. The Hall–Kier alpha value is -1.10. The maximum absolute atomic E-state index is 12.0. The molecule has 0 spiro atoms. The van der Waals surface area contributed by atoms with Gasteiger partial charge in [-0.15, -0.1) is 0 Å². The zero-order valence-electron chi connectivity index (χ0n) is 15.0. The molecule has 2 unspecified atom stereocenters. The summed E-state index contributed by atoms with van der Waals surface area (Å²) in [6, 6.07) is 0.696. The van der Waals surface area contributed by atoms with E-state index in [9.17, 15) is 9.59 Å². The van der Waals surface area contributed by atoms with Crippen molar-refractivity contribution in [3.63, 3.8) is 0 Å². The first kappa shape index (κ1) is 19.2. The number of hydrogen-bond donors (Lipinski definition) is 2. The highest BCUT2D eigenvalue weighted by molar-refractivity contribution is 5.75. The van der Waals surface area contributed by atoms with Gasteiger partial charge < -0.3 is 15.3 Å². The van der Waals surface area contributed by atoms with Crippen LogP contribution in [0.1, 0.15) is 77.0 Å². The Morgan fingerprint density at radius 1 is 0.917 bits per heavy atom. The monoisotopic (exact) mass is 338 g/mol. The predicted octanol–water partition coefficient (Wildman–Crippen LogP) is 3.18. The third-order valence-corrected chi connectivity index (χ3v) is 5.58. The van der Waals surface area contributed by atoms with Crippen molar-refractivity contribution in [1.29, 1.82) is 0 Å². The first-order valence-corrected chi connectivity index (χ1v) is 9.89. The molecule has 2 atom stereocenters. The van der Waals surface area contributed by atoms with Crippen LogP contribution in [-0.4, -0.2) is 47.6 Å². The Kier molecular flexibility index (Phi) is 8.57. The van der Waals surface area contributed by atoms with E-state index >= 15 is 0 Å². The van der Waals surface area contributed by atoms with Crippen molar-refractivity contribution in [3.8, 4) is 0 Å². The Balaban J connectivity index is 1.52. The van der Waals surface area contributed by atoms with E-state index in [4.69, 9.17) is 5.11 Å². The van der Waals surface area contributed by atoms with Crippen LogP contribution >= 0.6 is 0 Å². The van der Waals surface area contributed by atoms with Gasteiger partial charge in [-0.25, -0.2) is 0 Å². The summed E-state index contributed by atoms with van der Waals surface area (Å²) in [5.41, 5.74) is 0. The van der Waals surface area contributed by atoms with Crippen molar-refractivity contribution in [1.82, 2.24) is 10.2 Å². The largest absolute Gasteiger partial charge is 0.481 e. The molecule has 5 heteroatoms. The number of fused-ring (bicyclic) bond motifs is 1. The fraction of sp³-hybridized carbons (Fsp3) is 0.895. The smallest absolute Gasteiger partial charge is 0.303 e. The number of piperidine rings is 2. The molecular formula is C19H34N2O3. The van der Waals surface area contributed by atoms with E-state index in [1.54, 1.807) is 0 Å². The van der Waals surface area contributed by atoms with Crippen LogP contribution in [0, 0.1) is 5.92 Å². The van der Waals surface area contributed by atoms with Crippen molar-refractivity contribution in [2.75, 3.05) is 19.6 Å². The van der Waals surface area contributed by atoms with Crippen molar-refractivity contribution in [2.24, 2.45) is 5.92 Å². The molecule has 24 heavy (non-hydrogen) atoms. The number of carboxylic acids is 1. The third-order valence-electron chi connectivity index (χ3n) is 5.58. The van der Waals surface area contributed by atoms with Crippen molar-refractivity contribution >= 4 is 11.9 Å². The standard InChI is InChI=1S/C19H34N2O3/c22-18(11-4-2-1-3-5-12-19(23)24)20-15-16-9-8-14-21-13-7-6-10-17(16)21/h16-17H,1-15H2,(H,20,22)(H,23,24). The molecule has 0 aliphatic carbocycles. The molecule has 0 saturated carbocycles. The first-order chi connectivity index (χ1) is 11.7. The second-order valence-corrected chi connectivity index (χ2v) is 7.47. The van der Waals surface area contributed by atoms with E-state index in [0.29, 0.717) is 18.4 Å². The van der Waals surface area contributed by atoms with Crippen LogP contribution < -0.4 is 5.32 Å². The number of carboxylic acid groups (broad SMARTS) is 1. The van der Waals surface area contributed by atoms with Gasteiger partial charge in [-0.1, -0.05) is 25.7 Å². The number of aliphatic carboxylic acids is 1. The molecule has 2 rings (SSSR count). The summed E-state index contributed by atoms with van der Waals surface area (Å²) >= 11 is 0. The van der Waals surface area contributed by atoms with Crippen molar-refractivity contribution in [3.05, 3.63) is 0 Å². The van der Waals surface area contributed by atoms with Gasteiger partial charge in [-0.05, 0) is 57.5 Å². The van der Waals surface area contributed by atoms with Crippen LogP contribution in [0.2, 0.25) is 0 Å². The highest BCUT2D eigenvalue weighted by Crippen LogP contribution is 2.30. The van der Waals surface area contributed by atoms with Crippen LogP contribution in [0.15, 0.2) is 0 Å². The SMILES string of the molecule is O=C(O)CCCCCCCC(=O)NCC1CCCN2CCCCC12. The second kappa shape index (κ2) is 10.7. The number of amides is 1. The van der Waals surface area contributed by atoms with Crippen LogP contribution in [0.4, 0.5) is 0 Å². The number of hydrogen-bond acceptors (Lipinski definition) is 3. The molecule has 0 bridgehead atoms. The molecule has 5 nitrogen and oxygen atoms in total. The fourth-order valence-electron chi connectivity index (χ4n) is 4.24. The maximum Gasteiger partial charge on any atom is 0.303 e. The lowest BCUT2D eigenvalue weighted by molar-refractivity contribution is -0.137. The number of nitrogens with one attached hydrogen (secondary N) is 1. The Morgan fingerprint density at radius 2 is 1.62 bits per heavy atom.